The van der Waals surface area contributed by atoms with Gasteiger partial charge in [0.25, 0.3) is 5.91 Å². The molecule has 0 spiro atoms. The molecular weight excluding hydrogens is 320 g/mol. The molecule has 0 heterocycles. The van der Waals surface area contributed by atoms with Crippen molar-refractivity contribution in [1.82, 2.24) is 0 Å². The normalized spacial score (nSPS) is 10.5. The second kappa shape index (κ2) is 9.32. The fourth-order valence-electron chi connectivity index (χ4n) is 2.19. The van der Waals surface area contributed by atoms with E-state index in [2.05, 4.69) is 17.4 Å². The molecule has 0 unspecified atom stereocenters. The lowest BCUT2D eigenvalue weighted by atomic mass is 10.1. The SMILES string of the molecule is CCc1cccc(NC(=O)CO/N=C/c2ccc(OC)c(OC)c2)c1. The van der Waals surface area contributed by atoms with Gasteiger partial charge in [-0.15, -0.1) is 0 Å². The first-order chi connectivity index (χ1) is 12.2. The first-order valence-corrected chi connectivity index (χ1v) is 7.92. The molecule has 132 valence electrons. The summed E-state index contributed by atoms with van der Waals surface area (Å²) in [6.07, 6.45) is 2.42. The van der Waals surface area contributed by atoms with Crippen molar-refractivity contribution in [2.24, 2.45) is 5.16 Å². The quantitative estimate of drug-likeness (QED) is 0.590. The first kappa shape index (κ1) is 18.3. The van der Waals surface area contributed by atoms with Crippen molar-refractivity contribution in [3.05, 3.63) is 53.6 Å². The van der Waals surface area contributed by atoms with Gasteiger partial charge in [0.1, 0.15) is 0 Å². The van der Waals surface area contributed by atoms with Crippen LogP contribution >= 0.6 is 0 Å². The Balaban J connectivity index is 1.85. The lowest BCUT2D eigenvalue weighted by Crippen LogP contribution is -2.17. The second-order valence-electron chi connectivity index (χ2n) is 5.22. The first-order valence-electron chi connectivity index (χ1n) is 7.92. The Morgan fingerprint density at radius 2 is 1.92 bits per heavy atom. The molecule has 0 saturated carbocycles. The van der Waals surface area contributed by atoms with Gasteiger partial charge in [-0.1, -0.05) is 24.2 Å². The van der Waals surface area contributed by atoms with Gasteiger partial charge in [-0.3, -0.25) is 4.79 Å². The van der Waals surface area contributed by atoms with E-state index in [0.29, 0.717) is 11.5 Å². The number of amides is 1. The zero-order valence-electron chi connectivity index (χ0n) is 14.6. The molecule has 0 fully saturated rings. The highest BCUT2D eigenvalue weighted by Crippen LogP contribution is 2.26. The predicted molar refractivity (Wildman–Crippen MR) is 97.5 cm³/mol. The summed E-state index contributed by atoms with van der Waals surface area (Å²) >= 11 is 0. The van der Waals surface area contributed by atoms with E-state index in [1.54, 1.807) is 26.4 Å². The highest BCUT2D eigenvalue weighted by Gasteiger charge is 2.04. The van der Waals surface area contributed by atoms with Gasteiger partial charge >= 0.3 is 0 Å². The molecule has 0 atom stereocenters. The molecule has 25 heavy (non-hydrogen) atoms. The van der Waals surface area contributed by atoms with E-state index in [-0.39, 0.29) is 12.5 Å². The molecule has 2 aromatic carbocycles. The maximum Gasteiger partial charge on any atom is 0.265 e. The molecular formula is C19H22N2O4. The summed E-state index contributed by atoms with van der Waals surface area (Å²) < 4.78 is 10.4. The van der Waals surface area contributed by atoms with Crippen LogP contribution in [0.2, 0.25) is 0 Å². The molecule has 1 N–H and O–H groups in total. The Hall–Kier alpha value is -3.02. The number of methoxy groups -OCH3 is 2. The van der Waals surface area contributed by atoms with Gasteiger partial charge in [-0.25, -0.2) is 0 Å². The number of ether oxygens (including phenoxy) is 2. The van der Waals surface area contributed by atoms with E-state index < -0.39 is 0 Å². The molecule has 0 saturated heterocycles. The smallest absolute Gasteiger partial charge is 0.265 e. The maximum absolute atomic E-state index is 11.9. The van der Waals surface area contributed by atoms with Crippen molar-refractivity contribution < 1.29 is 19.1 Å². The van der Waals surface area contributed by atoms with E-state index in [1.165, 1.54) is 6.21 Å². The van der Waals surface area contributed by atoms with Crippen molar-refractivity contribution >= 4 is 17.8 Å². The van der Waals surface area contributed by atoms with Crippen LogP contribution in [0.5, 0.6) is 11.5 Å². The molecule has 0 aliphatic rings. The number of oxime groups is 1. The number of hydrogen-bond acceptors (Lipinski definition) is 5. The summed E-state index contributed by atoms with van der Waals surface area (Å²) in [7, 11) is 3.14. The van der Waals surface area contributed by atoms with Crippen molar-refractivity contribution in [2.45, 2.75) is 13.3 Å². The molecule has 1 amide bonds. The lowest BCUT2D eigenvalue weighted by molar-refractivity contribution is -0.120. The zero-order valence-corrected chi connectivity index (χ0v) is 14.6. The number of benzene rings is 2. The number of hydrogen-bond donors (Lipinski definition) is 1. The zero-order chi connectivity index (χ0) is 18.1. The molecule has 0 radical (unpaired) electrons. The van der Waals surface area contributed by atoms with Gasteiger partial charge in [0, 0.05) is 11.3 Å². The van der Waals surface area contributed by atoms with Crippen molar-refractivity contribution in [1.29, 1.82) is 0 Å². The molecule has 0 aromatic heterocycles. The summed E-state index contributed by atoms with van der Waals surface area (Å²) in [5.74, 6) is 0.965. The summed E-state index contributed by atoms with van der Waals surface area (Å²) in [6, 6.07) is 13.0. The fraction of sp³-hybridized carbons (Fsp3) is 0.263. The van der Waals surface area contributed by atoms with Gasteiger partial charge < -0.3 is 19.6 Å². The molecule has 0 bridgehead atoms. The molecule has 2 rings (SSSR count). The Labute approximate surface area is 147 Å². The molecule has 6 heteroatoms. The number of nitrogens with one attached hydrogen (secondary N) is 1. The maximum atomic E-state index is 11.9. The van der Waals surface area contributed by atoms with Crippen LogP contribution in [0.4, 0.5) is 5.69 Å². The molecule has 6 nitrogen and oxygen atoms in total. The molecule has 0 aliphatic carbocycles. The summed E-state index contributed by atoms with van der Waals surface area (Å²) in [6.45, 7) is 1.90. The lowest BCUT2D eigenvalue weighted by Gasteiger charge is -2.07. The number of anilines is 1. The number of rotatable bonds is 8. The molecule has 2 aromatic rings. The Morgan fingerprint density at radius 1 is 1.12 bits per heavy atom. The third-order valence-electron chi connectivity index (χ3n) is 3.50. The van der Waals surface area contributed by atoms with E-state index >= 15 is 0 Å². The third-order valence-corrected chi connectivity index (χ3v) is 3.50. The van der Waals surface area contributed by atoms with Crippen molar-refractivity contribution in [3.63, 3.8) is 0 Å². The fourth-order valence-corrected chi connectivity index (χ4v) is 2.19. The minimum Gasteiger partial charge on any atom is -0.493 e. The van der Waals surface area contributed by atoms with Crippen molar-refractivity contribution in [2.75, 3.05) is 26.1 Å². The highest BCUT2D eigenvalue weighted by molar-refractivity contribution is 5.91. The number of carbonyl (C=O) groups is 1. The standard InChI is InChI=1S/C19H22N2O4/c1-4-14-6-5-7-16(10-14)21-19(22)13-25-20-12-15-8-9-17(23-2)18(11-15)24-3/h5-12H,4,13H2,1-3H3,(H,21,22)/b20-12+. The largest absolute Gasteiger partial charge is 0.493 e. The second-order valence-corrected chi connectivity index (χ2v) is 5.22. The number of nitrogens with zero attached hydrogens (tertiary/aromatic N) is 1. The molecule has 0 aliphatic heterocycles. The average Bonchev–Trinajstić information content (AvgIpc) is 2.65. The minimum atomic E-state index is -0.266. The Morgan fingerprint density at radius 3 is 2.64 bits per heavy atom. The monoisotopic (exact) mass is 342 g/mol. The Kier molecular flexibility index (Phi) is 6.83. The number of aryl methyl sites for hydroxylation is 1. The van der Waals surface area contributed by atoms with Gasteiger partial charge in [-0.2, -0.15) is 0 Å². The summed E-state index contributed by atoms with van der Waals surface area (Å²) in [4.78, 5) is 16.9. The van der Waals surface area contributed by atoms with Crippen LogP contribution in [0.1, 0.15) is 18.1 Å². The van der Waals surface area contributed by atoms with Gasteiger partial charge in [0.15, 0.2) is 18.1 Å². The van der Waals surface area contributed by atoms with Crippen LogP contribution in [-0.2, 0) is 16.1 Å². The van der Waals surface area contributed by atoms with Gasteiger partial charge in [-0.05, 0) is 42.3 Å². The van der Waals surface area contributed by atoms with Crippen LogP contribution in [0.3, 0.4) is 0 Å². The van der Waals surface area contributed by atoms with Crippen LogP contribution in [0.25, 0.3) is 0 Å². The topological polar surface area (TPSA) is 69.2 Å². The highest BCUT2D eigenvalue weighted by atomic mass is 16.6. The predicted octanol–water partition coefficient (Wildman–Crippen LogP) is 3.26. The van der Waals surface area contributed by atoms with Crippen LogP contribution in [-0.4, -0.2) is 32.9 Å². The van der Waals surface area contributed by atoms with Crippen LogP contribution in [0, 0.1) is 0 Å². The van der Waals surface area contributed by atoms with E-state index in [0.717, 1.165) is 23.2 Å². The van der Waals surface area contributed by atoms with Crippen molar-refractivity contribution in [3.8, 4) is 11.5 Å². The van der Waals surface area contributed by atoms with Crippen LogP contribution < -0.4 is 14.8 Å². The Bertz CT molecular complexity index is 744. The van der Waals surface area contributed by atoms with Gasteiger partial charge in [0.2, 0.25) is 0 Å². The van der Waals surface area contributed by atoms with E-state index in [9.17, 15) is 4.79 Å². The summed E-state index contributed by atoms with van der Waals surface area (Å²) in [5, 5.41) is 6.58. The van der Waals surface area contributed by atoms with E-state index in [1.807, 2.05) is 30.3 Å². The minimum absolute atomic E-state index is 0.167. The average molecular weight is 342 g/mol. The third kappa shape index (κ3) is 5.53. The summed E-state index contributed by atoms with van der Waals surface area (Å²) in [5.41, 5.74) is 2.68. The number of carbonyl (C=O) groups excluding carboxylic acids is 1. The van der Waals surface area contributed by atoms with E-state index in [4.69, 9.17) is 14.3 Å². The van der Waals surface area contributed by atoms with Crippen LogP contribution in [0.15, 0.2) is 47.6 Å². The van der Waals surface area contributed by atoms with Gasteiger partial charge in [0.05, 0.1) is 20.4 Å².